The Kier molecular flexibility index (Phi) is 3.16. The number of aldehydes is 1. The molecule has 0 radical (unpaired) electrons. The van der Waals surface area contributed by atoms with Crippen LogP contribution in [0.4, 0.5) is 5.69 Å². The molecule has 0 aliphatic heterocycles. The second-order valence-electron chi connectivity index (χ2n) is 2.49. The Hall–Kier alpha value is -1.68. The van der Waals surface area contributed by atoms with Crippen molar-refractivity contribution in [3.63, 3.8) is 0 Å². The lowest BCUT2D eigenvalue weighted by Crippen LogP contribution is -2.21. The van der Waals surface area contributed by atoms with E-state index in [2.05, 4.69) is 5.32 Å². The second-order valence-corrected chi connectivity index (χ2v) is 2.49. The lowest BCUT2D eigenvalue weighted by Gasteiger charge is -2.02. The first-order valence-corrected chi connectivity index (χ1v) is 3.81. The molecule has 0 unspecified atom stereocenters. The number of benzene rings is 1. The van der Waals surface area contributed by atoms with Crippen molar-refractivity contribution in [2.75, 3.05) is 11.9 Å². The monoisotopic (exact) mass is 178 g/mol. The van der Waals surface area contributed by atoms with Gasteiger partial charge in [0.1, 0.15) is 6.29 Å². The van der Waals surface area contributed by atoms with E-state index in [9.17, 15) is 9.59 Å². The van der Waals surface area contributed by atoms with Crippen molar-refractivity contribution in [3.8, 4) is 0 Å². The van der Waals surface area contributed by atoms with Crippen LogP contribution < -0.4 is 11.1 Å². The quantitative estimate of drug-likeness (QED) is 0.658. The molecule has 1 rings (SSSR count). The van der Waals surface area contributed by atoms with Gasteiger partial charge in [-0.1, -0.05) is 0 Å². The molecule has 4 heteroatoms. The van der Waals surface area contributed by atoms with Gasteiger partial charge in [0.2, 0.25) is 5.91 Å². The van der Waals surface area contributed by atoms with Crippen molar-refractivity contribution in [1.29, 1.82) is 0 Å². The van der Waals surface area contributed by atoms with Crippen molar-refractivity contribution < 1.29 is 9.59 Å². The van der Waals surface area contributed by atoms with Gasteiger partial charge in [0.15, 0.2) is 0 Å². The Balaban J connectivity index is 2.69. The average Bonchev–Trinajstić information content (AvgIpc) is 2.19. The second kappa shape index (κ2) is 4.37. The van der Waals surface area contributed by atoms with E-state index in [0.29, 0.717) is 11.3 Å². The van der Waals surface area contributed by atoms with Crippen LogP contribution in [0.1, 0.15) is 10.4 Å². The largest absolute Gasteiger partial charge is 0.325 e. The molecule has 13 heavy (non-hydrogen) atoms. The van der Waals surface area contributed by atoms with Crippen LogP contribution in [0.5, 0.6) is 0 Å². The van der Waals surface area contributed by atoms with Crippen LogP contribution >= 0.6 is 0 Å². The molecule has 0 bridgehead atoms. The van der Waals surface area contributed by atoms with Gasteiger partial charge in [-0.15, -0.1) is 0 Å². The fourth-order valence-electron chi connectivity index (χ4n) is 0.857. The lowest BCUT2D eigenvalue weighted by atomic mass is 10.2. The van der Waals surface area contributed by atoms with Gasteiger partial charge in [0, 0.05) is 11.3 Å². The molecule has 0 aliphatic rings. The maximum atomic E-state index is 10.8. The molecule has 0 aliphatic carbocycles. The average molecular weight is 178 g/mol. The zero-order chi connectivity index (χ0) is 9.68. The molecule has 0 heterocycles. The fourth-order valence-corrected chi connectivity index (χ4v) is 0.857. The fraction of sp³-hybridized carbons (Fsp3) is 0.111. The first-order valence-electron chi connectivity index (χ1n) is 3.81. The van der Waals surface area contributed by atoms with Crippen molar-refractivity contribution in [2.24, 2.45) is 5.73 Å². The highest BCUT2D eigenvalue weighted by molar-refractivity contribution is 5.92. The number of nitrogens with one attached hydrogen (secondary N) is 1. The Labute approximate surface area is 75.7 Å². The van der Waals surface area contributed by atoms with E-state index >= 15 is 0 Å². The van der Waals surface area contributed by atoms with Crippen LogP contribution in [0.15, 0.2) is 24.3 Å². The summed E-state index contributed by atoms with van der Waals surface area (Å²) in [5.41, 5.74) is 6.32. The van der Waals surface area contributed by atoms with Gasteiger partial charge < -0.3 is 11.1 Å². The van der Waals surface area contributed by atoms with Gasteiger partial charge in [0.05, 0.1) is 6.54 Å². The van der Waals surface area contributed by atoms with Crippen LogP contribution in [0, 0.1) is 0 Å². The summed E-state index contributed by atoms with van der Waals surface area (Å²) in [5, 5.41) is 2.56. The molecule has 0 saturated heterocycles. The van der Waals surface area contributed by atoms with Gasteiger partial charge in [-0.25, -0.2) is 0 Å². The molecule has 4 nitrogen and oxygen atoms in total. The van der Waals surface area contributed by atoms with Gasteiger partial charge in [-0.3, -0.25) is 9.59 Å². The molecule has 1 aromatic rings. The highest BCUT2D eigenvalue weighted by Crippen LogP contribution is 2.07. The molecule has 0 spiro atoms. The number of anilines is 1. The van der Waals surface area contributed by atoms with Gasteiger partial charge in [-0.05, 0) is 24.3 Å². The van der Waals surface area contributed by atoms with E-state index in [0.717, 1.165) is 6.29 Å². The molecule has 68 valence electrons. The summed E-state index contributed by atoms with van der Waals surface area (Å²) in [4.78, 5) is 21.1. The third kappa shape index (κ3) is 2.68. The Morgan fingerprint density at radius 3 is 2.46 bits per heavy atom. The standard InChI is InChI=1S/C9H10N2O2/c10-5-9(13)11-8-3-1-7(6-12)2-4-8/h1-4,6H,5,10H2,(H,11,13). The summed E-state index contributed by atoms with van der Waals surface area (Å²) in [7, 11) is 0. The minimum absolute atomic E-state index is 0.0462. The molecule has 0 saturated carbocycles. The maximum Gasteiger partial charge on any atom is 0.238 e. The third-order valence-electron chi connectivity index (χ3n) is 1.52. The normalized spacial score (nSPS) is 9.31. The molecule has 1 amide bonds. The summed E-state index contributed by atoms with van der Waals surface area (Å²) >= 11 is 0. The molecule has 0 aromatic heterocycles. The molecular formula is C9H10N2O2. The molecule has 0 atom stereocenters. The van der Waals surface area contributed by atoms with Gasteiger partial charge >= 0.3 is 0 Å². The highest BCUT2D eigenvalue weighted by Gasteiger charge is 1.97. The first kappa shape index (κ1) is 9.41. The summed E-state index contributed by atoms with van der Waals surface area (Å²) in [6, 6.07) is 6.55. The van der Waals surface area contributed by atoms with E-state index in [4.69, 9.17) is 5.73 Å². The molecule has 1 aromatic carbocycles. The Bertz CT molecular complexity index is 306. The van der Waals surface area contributed by atoms with Crippen molar-refractivity contribution >= 4 is 17.9 Å². The number of hydrogen-bond acceptors (Lipinski definition) is 3. The van der Waals surface area contributed by atoms with E-state index in [-0.39, 0.29) is 12.5 Å². The van der Waals surface area contributed by atoms with E-state index in [1.807, 2.05) is 0 Å². The summed E-state index contributed by atoms with van der Waals surface area (Å²) in [6.45, 7) is -0.0462. The number of carbonyl (C=O) groups is 2. The van der Waals surface area contributed by atoms with E-state index < -0.39 is 0 Å². The number of hydrogen-bond donors (Lipinski definition) is 2. The van der Waals surface area contributed by atoms with Crippen LogP contribution in [0.3, 0.4) is 0 Å². The SMILES string of the molecule is NCC(=O)Nc1ccc(C=O)cc1. The van der Waals surface area contributed by atoms with Crippen molar-refractivity contribution in [3.05, 3.63) is 29.8 Å². The van der Waals surface area contributed by atoms with Crippen LogP contribution in [-0.2, 0) is 4.79 Å². The van der Waals surface area contributed by atoms with Crippen LogP contribution in [0.2, 0.25) is 0 Å². The number of nitrogens with two attached hydrogens (primary N) is 1. The zero-order valence-electron chi connectivity index (χ0n) is 6.99. The third-order valence-corrected chi connectivity index (χ3v) is 1.52. The van der Waals surface area contributed by atoms with E-state index in [1.165, 1.54) is 0 Å². The van der Waals surface area contributed by atoms with Crippen LogP contribution in [-0.4, -0.2) is 18.7 Å². The minimum Gasteiger partial charge on any atom is -0.325 e. The number of rotatable bonds is 3. The minimum atomic E-state index is -0.251. The van der Waals surface area contributed by atoms with Gasteiger partial charge in [-0.2, -0.15) is 0 Å². The number of carbonyl (C=O) groups excluding carboxylic acids is 2. The zero-order valence-corrected chi connectivity index (χ0v) is 6.99. The maximum absolute atomic E-state index is 10.8. The molecular weight excluding hydrogens is 168 g/mol. The van der Waals surface area contributed by atoms with Crippen LogP contribution in [0.25, 0.3) is 0 Å². The topological polar surface area (TPSA) is 72.2 Å². The van der Waals surface area contributed by atoms with Gasteiger partial charge in [0.25, 0.3) is 0 Å². The Morgan fingerprint density at radius 2 is 2.00 bits per heavy atom. The lowest BCUT2D eigenvalue weighted by molar-refractivity contribution is -0.114. The van der Waals surface area contributed by atoms with Crippen molar-refractivity contribution in [2.45, 2.75) is 0 Å². The summed E-state index contributed by atoms with van der Waals surface area (Å²) in [5.74, 6) is -0.251. The van der Waals surface area contributed by atoms with Crippen molar-refractivity contribution in [1.82, 2.24) is 0 Å². The first-order chi connectivity index (χ1) is 6.26. The summed E-state index contributed by atoms with van der Waals surface area (Å²) < 4.78 is 0. The predicted molar refractivity (Wildman–Crippen MR) is 49.5 cm³/mol. The smallest absolute Gasteiger partial charge is 0.238 e. The molecule has 3 N–H and O–H groups in total. The molecule has 0 fully saturated rings. The number of amides is 1. The highest BCUT2D eigenvalue weighted by atomic mass is 16.1. The summed E-state index contributed by atoms with van der Waals surface area (Å²) in [6.07, 6.45) is 0.745. The van der Waals surface area contributed by atoms with E-state index in [1.54, 1.807) is 24.3 Å². The Morgan fingerprint density at radius 1 is 1.38 bits per heavy atom. The predicted octanol–water partition coefficient (Wildman–Crippen LogP) is 0.396.